The fourth-order valence-electron chi connectivity index (χ4n) is 6.45. The highest BCUT2D eigenvalue weighted by molar-refractivity contribution is 9.10. The number of hydrogen-bond donors (Lipinski definition) is 0. The summed E-state index contributed by atoms with van der Waals surface area (Å²) in [7, 11) is 0. The molecule has 4 aromatic carbocycles. The Bertz CT molecular complexity index is 1340. The Morgan fingerprint density at radius 1 is 0.515 bits per heavy atom. The van der Waals surface area contributed by atoms with Crippen LogP contribution in [0.15, 0.2) is 81.7 Å². The minimum absolute atomic E-state index is 0.0356. The average molecular weight is 558 g/mol. The van der Waals surface area contributed by atoms with Crippen LogP contribution in [-0.4, -0.2) is 0 Å². The van der Waals surface area contributed by atoms with Gasteiger partial charge in [-0.3, -0.25) is 0 Å². The highest BCUT2D eigenvalue weighted by atomic mass is 79.9. The molecule has 0 nitrogen and oxygen atoms in total. The van der Waals surface area contributed by atoms with E-state index >= 15 is 0 Å². The first-order chi connectivity index (χ1) is 15.8. The number of hydrogen-bond acceptors (Lipinski definition) is 0. The van der Waals surface area contributed by atoms with Gasteiger partial charge in [-0.05, 0) is 88.0 Å². The Balaban J connectivity index is 1.62. The molecular weight excluding hydrogens is 532 g/mol. The SMILES string of the molecule is Cc1ccc2c(c1)-c1cc(C)ccc1C2C(C)(C)C1c2cc(Br)ccc2-c2ccc(Br)cc21. The molecule has 0 heterocycles. The Morgan fingerprint density at radius 2 is 0.939 bits per heavy atom. The number of fused-ring (bicyclic) bond motifs is 6. The van der Waals surface area contributed by atoms with Gasteiger partial charge in [0.15, 0.2) is 0 Å². The van der Waals surface area contributed by atoms with Crippen molar-refractivity contribution in [3.63, 3.8) is 0 Å². The zero-order valence-electron chi connectivity index (χ0n) is 19.3. The molecule has 33 heavy (non-hydrogen) atoms. The molecule has 2 heteroatoms. The summed E-state index contributed by atoms with van der Waals surface area (Å²) in [6.45, 7) is 9.35. The molecule has 0 fully saturated rings. The summed E-state index contributed by atoms with van der Waals surface area (Å²) in [6, 6.07) is 27.7. The molecular formula is C31H26Br2. The first kappa shape index (κ1) is 21.4. The molecule has 6 rings (SSSR count). The third kappa shape index (κ3) is 3.14. The van der Waals surface area contributed by atoms with Gasteiger partial charge in [-0.2, -0.15) is 0 Å². The Kier molecular flexibility index (Phi) is 4.81. The maximum absolute atomic E-state index is 3.76. The van der Waals surface area contributed by atoms with Crippen molar-refractivity contribution >= 4 is 31.9 Å². The van der Waals surface area contributed by atoms with Crippen LogP contribution in [0.3, 0.4) is 0 Å². The summed E-state index contributed by atoms with van der Waals surface area (Å²) in [4.78, 5) is 0. The van der Waals surface area contributed by atoms with Gasteiger partial charge in [0, 0.05) is 20.8 Å². The number of rotatable bonds is 2. The Morgan fingerprint density at radius 3 is 1.39 bits per heavy atom. The van der Waals surface area contributed by atoms with Gasteiger partial charge >= 0.3 is 0 Å². The minimum atomic E-state index is -0.0356. The molecule has 0 aromatic heterocycles. The fraction of sp³-hybridized carbons (Fsp3) is 0.226. The van der Waals surface area contributed by atoms with Gasteiger partial charge in [-0.1, -0.05) is 105 Å². The van der Waals surface area contributed by atoms with E-state index in [1.165, 1.54) is 55.6 Å². The number of benzene rings is 4. The van der Waals surface area contributed by atoms with E-state index in [9.17, 15) is 0 Å². The lowest BCUT2D eigenvalue weighted by Crippen LogP contribution is -2.29. The molecule has 164 valence electrons. The van der Waals surface area contributed by atoms with E-state index in [-0.39, 0.29) is 5.41 Å². The molecule has 4 aromatic rings. The molecule has 0 aliphatic heterocycles. The molecule has 2 aliphatic carbocycles. The van der Waals surface area contributed by atoms with Crippen LogP contribution < -0.4 is 0 Å². The van der Waals surface area contributed by atoms with Crippen LogP contribution in [0.5, 0.6) is 0 Å². The molecule has 0 bridgehead atoms. The molecule has 0 N–H and O–H groups in total. The summed E-state index contributed by atoms with van der Waals surface area (Å²) in [5.74, 6) is 0.620. The van der Waals surface area contributed by atoms with E-state index in [0.717, 1.165) is 8.95 Å². The molecule has 2 aliphatic rings. The van der Waals surface area contributed by atoms with E-state index < -0.39 is 0 Å². The average Bonchev–Trinajstić information content (AvgIpc) is 3.25. The van der Waals surface area contributed by atoms with Gasteiger partial charge < -0.3 is 0 Å². The second-order valence-corrected chi connectivity index (χ2v) is 12.2. The topological polar surface area (TPSA) is 0 Å². The Hall–Kier alpha value is -2.16. The first-order valence-electron chi connectivity index (χ1n) is 11.6. The van der Waals surface area contributed by atoms with Crippen LogP contribution in [-0.2, 0) is 0 Å². The van der Waals surface area contributed by atoms with Gasteiger partial charge in [0.1, 0.15) is 0 Å². The van der Waals surface area contributed by atoms with Crippen LogP contribution in [0, 0.1) is 19.3 Å². The molecule has 0 amide bonds. The van der Waals surface area contributed by atoms with Crippen molar-refractivity contribution in [1.82, 2.24) is 0 Å². The van der Waals surface area contributed by atoms with Gasteiger partial charge in [-0.25, -0.2) is 0 Å². The first-order valence-corrected chi connectivity index (χ1v) is 13.1. The summed E-state index contributed by atoms with van der Waals surface area (Å²) in [5, 5.41) is 0. The summed E-state index contributed by atoms with van der Waals surface area (Å²) in [6.07, 6.45) is 0. The van der Waals surface area contributed by atoms with E-state index in [0.29, 0.717) is 11.8 Å². The zero-order valence-corrected chi connectivity index (χ0v) is 22.5. The highest BCUT2D eigenvalue weighted by Crippen LogP contribution is 2.62. The monoisotopic (exact) mass is 556 g/mol. The van der Waals surface area contributed by atoms with Gasteiger partial charge in [0.25, 0.3) is 0 Å². The van der Waals surface area contributed by atoms with Gasteiger partial charge in [-0.15, -0.1) is 0 Å². The van der Waals surface area contributed by atoms with Crippen molar-refractivity contribution in [3.05, 3.63) is 115 Å². The zero-order chi connectivity index (χ0) is 23.1. The fourth-order valence-corrected chi connectivity index (χ4v) is 7.21. The third-order valence-corrected chi connectivity index (χ3v) is 8.74. The van der Waals surface area contributed by atoms with Crippen LogP contribution in [0.25, 0.3) is 22.3 Å². The molecule has 0 saturated carbocycles. The maximum Gasteiger partial charge on any atom is 0.0178 e. The second-order valence-electron chi connectivity index (χ2n) is 10.3. The van der Waals surface area contributed by atoms with E-state index in [1.807, 2.05) is 0 Å². The van der Waals surface area contributed by atoms with E-state index in [4.69, 9.17) is 0 Å². The van der Waals surface area contributed by atoms with Gasteiger partial charge in [0.2, 0.25) is 0 Å². The van der Waals surface area contributed by atoms with Crippen molar-refractivity contribution in [2.75, 3.05) is 0 Å². The minimum Gasteiger partial charge on any atom is -0.0590 e. The third-order valence-electron chi connectivity index (χ3n) is 7.76. The lowest BCUT2D eigenvalue weighted by molar-refractivity contribution is 0.282. The predicted molar refractivity (Wildman–Crippen MR) is 146 cm³/mol. The van der Waals surface area contributed by atoms with Crippen molar-refractivity contribution < 1.29 is 0 Å². The van der Waals surface area contributed by atoms with Crippen molar-refractivity contribution in [2.45, 2.75) is 39.5 Å². The summed E-state index contributed by atoms with van der Waals surface area (Å²) < 4.78 is 2.29. The van der Waals surface area contributed by atoms with Crippen LogP contribution in [0.2, 0.25) is 0 Å². The molecule has 0 saturated heterocycles. The largest absolute Gasteiger partial charge is 0.0590 e. The lowest BCUT2D eigenvalue weighted by atomic mass is 9.63. The molecule has 0 unspecified atom stereocenters. The number of aryl methyl sites for hydroxylation is 2. The van der Waals surface area contributed by atoms with Gasteiger partial charge in [0.05, 0.1) is 0 Å². The second kappa shape index (κ2) is 7.42. The Labute approximate surface area is 213 Å². The maximum atomic E-state index is 3.76. The standard InChI is InChI=1S/C31H26Br2/c1-17-5-9-23-25(13-17)26-14-18(2)6-10-24(26)29(23)31(3,4)30-27-15-19(32)7-11-21(27)22-12-8-20(33)16-28(22)30/h5-16,29-30H,1-4H3. The van der Waals surface area contributed by atoms with Crippen LogP contribution in [0.1, 0.15) is 59.1 Å². The summed E-state index contributed by atoms with van der Waals surface area (Å²) in [5.41, 5.74) is 13.9. The van der Waals surface area contributed by atoms with Crippen LogP contribution >= 0.6 is 31.9 Å². The smallest absolute Gasteiger partial charge is 0.0178 e. The van der Waals surface area contributed by atoms with Crippen molar-refractivity contribution in [3.8, 4) is 22.3 Å². The van der Waals surface area contributed by atoms with Crippen molar-refractivity contribution in [1.29, 1.82) is 0 Å². The number of halogens is 2. The normalized spacial score (nSPS) is 14.7. The van der Waals surface area contributed by atoms with E-state index in [1.54, 1.807) is 0 Å². The highest BCUT2D eigenvalue weighted by Gasteiger charge is 2.48. The van der Waals surface area contributed by atoms with Crippen molar-refractivity contribution in [2.24, 2.45) is 5.41 Å². The quantitative estimate of drug-likeness (QED) is 0.230. The molecule has 0 spiro atoms. The molecule has 0 atom stereocenters. The summed E-state index contributed by atoms with van der Waals surface area (Å²) >= 11 is 7.52. The predicted octanol–water partition coefficient (Wildman–Crippen LogP) is 9.78. The lowest BCUT2D eigenvalue weighted by Gasteiger charge is -2.40. The van der Waals surface area contributed by atoms with E-state index in [2.05, 4.69) is 132 Å². The van der Waals surface area contributed by atoms with Crippen LogP contribution in [0.4, 0.5) is 0 Å². The molecule has 0 radical (unpaired) electrons.